The third kappa shape index (κ3) is 2.64. The highest BCUT2D eigenvalue weighted by atomic mass is 16.6. The van der Waals surface area contributed by atoms with Crippen molar-refractivity contribution in [2.45, 2.75) is 19.3 Å². The average molecular weight is 290 g/mol. The Morgan fingerprint density at radius 1 is 1.29 bits per heavy atom. The monoisotopic (exact) mass is 290 g/mol. The molecule has 1 saturated heterocycles. The number of anilines is 1. The molecule has 0 saturated carbocycles. The minimum atomic E-state index is -0.599. The molecular weight excluding hydrogens is 276 g/mol. The molecule has 1 fully saturated rings. The minimum Gasteiger partial charge on any atom is -0.539 e. The van der Waals surface area contributed by atoms with Crippen molar-refractivity contribution in [3.05, 3.63) is 34.5 Å². The molecule has 0 radical (unpaired) electrons. The fourth-order valence-electron chi connectivity index (χ4n) is 2.56. The van der Waals surface area contributed by atoms with Gasteiger partial charge in [0.05, 0.1) is 16.3 Å². The zero-order chi connectivity index (χ0) is 14.8. The summed E-state index contributed by atoms with van der Waals surface area (Å²) in [7, 11) is 0. The van der Waals surface area contributed by atoms with Gasteiger partial charge in [-0.1, -0.05) is 0 Å². The maximum Gasteiger partial charge on any atom is 0.299 e. The van der Waals surface area contributed by atoms with Crippen molar-refractivity contribution in [3.63, 3.8) is 0 Å². The van der Waals surface area contributed by atoms with Crippen molar-refractivity contribution in [1.29, 1.82) is 0 Å². The summed E-state index contributed by atoms with van der Waals surface area (Å²) in [5.41, 5.74) is 1.04. The van der Waals surface area contributed by atoms with E-state index in [9.17, 15) is 15.2 Å². The third-order valence-corrected chi connectivity index (χ3v) is 3.56. The summed E-state index contributed by atoms with van der Waals surface area (Å²) in [4.78, 5) is 12.9. The molecule has 21 heavy (non-hydrogen) atoms. The van der Waals surface area contributed by atoms with Crippen LogP contribution in [0.2, 0.25) is 0 Å². The Balaban J connectivity index is 2.00. The third-order valence-electron chi connectivity index (χ3n) is 3.56. The summed E-state index contributed by atoms with van der Waals surface area (Å²) < 4.78 is 5.63. The van der Waals surface area contributed by atoms with Crippen molar-refractivity contribution in [2.24, 2.45) is 0 Å². The molecule has 0 N–H and O–H groups in total. The SMILES string of the molecule is O=[N+]([O-])c1cc(-[n+]2cc([O-])on2)ccc1N1CCCCC1. The predicted molar refractivity (Wildman–Crippen MR) is 70.2 cm³/mol. The zero-order valence-corrected chi connectivity index (χ0v) is 11.3. The molecule has 1 aliphatic heterocycles. The fourth-order valence-corrected chi connectivity index (χ4v) is 2.56. The van der Waals surface area contributed by atoms with E-state index < -0.39 is 10.9 Å². The molecule has 8 heteroatoms. The molecule has 0 bridgehead atoms. The Bertz CT molecular complexity index is 664. The summed E-state index contributed by atoms with van der Waals surface area (Å²) in [5.74, 6) is -0.599. The van der Waals surface area contributed by atoms with Gasteiger partial charge in [-0.15, -0.1) is 0 Å². The Labute approximate surface area is 120 Å². The van der Waals surface area contributed by atoms with Crippen LogP contribution in [0.25, 0.3) is 5.69 Å². The largest absolute Gasteiger partial charge is 0.539 e. The highest BCUT2D eigenvalue weighted by Gasteiger charge is 2.24. The van der Waals surface area contributed by atoms with Crippen LogP contribution in [-0.4, -0.2) is 23.3 Å². The first-order chi connectivity index (χ1) is 10.1. The lowest BCUT2D eigenvalue weighted by molar-refractivity contribution is -0.670. The van der Waals surface area contributed by atoms with Crippen LogP contribution in [0, 0.1) is 10.1 Å². The quantitative estimate of drug-likeness (QED) is 0.473. The average Bonchev–Trinajstić information content (AvgIpc) is 2.94. The maximum absolute atomic E-state index is 11.3. The number of nitrogens with zero attached hydrogens (tertiary/aromatic N) is 4. The van der Waals surface area contributed by atoms with Crippen LogP contribution in [0.15, 0.2) is 28.9 Å². The van der Waals surface area contributed by atoms with E-state index in [0.29, 0.717) is 11.4 Å². The van der Waals surface area contributed by atoms with Crippen LogP contribution in [0.5, 0.6) is 5.95 Å². The van der Waals surface area contributed by atoms with Crippen LogP contribution < -0.4 is 14.7 Å². The van der Waals surface area contributed by atoms with Gasteiger partial charge in [-0.25, -0.2) is 0 Å². The topological polar surface area (TPSA) is 99.3 Å². The number of piperidine rings is 1. The molecule has 0 spiro atoms. The van der Waals surface area contributed by atoms with Crippen LogP contribution in [-0.2, 0) is 0 Å². The molecule has 1 aromatic heterocycles. The highest BCUT2D eigenvalue weighted by Crippen LogP contribution is 2.31. The number of aromatic nitrogens is 2. The molecule has 1 aliphatic rings. The second-order valence-electron chi connectivity index (χ2n) is 4.94. The highest BCUT2D eigenvalue weighted by molar-refractivity contribution is 5.65. The second-order valence-corrected chi connectivity index (χ2v) is 4.94. The summed E-state index contributed by atoms with van der Waals surface area (Å²) in [5, 5.41) is 25.8. The molecular formula is C13H14N4O4. The van der Waals surface area contributed by atoms with Gasteiger partial charge < -0.3 is 14.5 Å². The van der Waals surface area contributed by atoms with Gasteiger partial charge in [0, 0.05) is 19.2 Å². The predicted octanol–water partition coefficient (Wildman–Crippen LogP) is 0.923. The minimum absolute atomic E-state index is 0.0114. The van der Waals surface area contributed by atoms with Gasteiger partial charge in [-0.3, -0.25) is 10.1 Å². The number of benzene rings is 1. The molecule has 1 aromatic carbocycles. The van der Waals surface area contributed by atoms with E-state index in [4.69, 9.17) is 0 Å². The Morgan fingerprint density at radius 3 is 2.67 bits per heavy atom. The molecule has 2 aromatic rings. The lowest BCUT2D eigenvalue weighted by atomic mass is 10.1. The van der Waals surface area contributed by atoms with E-state index in [1.807, 2.05) is 4.90 Å². The number of hydrogen-bond donors (Lipinski definition) is 0. The molecule has 3 rings (SSSR count). The van der Waals surface area contributed by atoms with Gasteiger partial charge >= 0.3 is 0 Å². The lowest BCUT2D eigenvalue weighted by Gasteiger charge is -2.28. The van der Waals surface area contributed by atoms with Gasteiger partial charge in [-0.05, 0) is 30.0 Å². The Hall–Kier alpha value is -2.64. The van der Waals surface area contributed by atoms with E-state index >= 15 is 0 Å². The van der Waals surface area contributed by atoms with E-state index in [0.717, 1.165) is 38.5 Å². The zero-order valence-electron chi connectivity index (χ0n) is 11.3. The summed E-state index contributed by atoms with van der Waals surface area (Å²) in [6.07, 6.45) is 4.37. The van der Waals surface area contributed by atoms with E-state index in [1.165, 1.54) is 10.7 Å². The first-order valence-electron chi connectivity index (χ1n) is 6.74. The van der Waals surface area contributed by atoms with Crippen molar-refractivity contribution in [3.8, 4) is 11.6 Å². The molecule has 0 atom stereocenters. The maximum atomic E-state index is 11.3. The Morgan fingerprint density at radius 2 is 2.05 bits per heavy atom. The normalized spacial score (nSPS) is 15.1. The van der Waals surface area contributed by atoms with Crippen molar-refractivity contribution >= 4 is 11.4 Å². The van der Waals surface area contributed by atoms with Gasteiger partial charge in [0.25, 0.3) is 5.69 Å². The summed E-state index contributed by atoms with van der Waals surface area (Å²) >= 11 is 0. The fraction of sp³-hybridized carbons (Fsp3) is 0.385. The molecule has 0 unspecified atom stereocenters. The molecule has 0 amide bonds. The lowest BCUT2D eigenvalue weighted by Crippen LogP contribution is -2.33. The molecule has 8 nitrogen and oxygen atoms in total. The van der Waals surface area contributed by atoms with Gasteiger partial charge in [-0.2, -0.15) is 0 Å². The standard InChI is InChI=1S/C13H14N4O4/c18-13-9-16(14-21-13)10-4-5-11(12(8-10)17(19)20)15-6-2-1-3-7-15/h4-5,8-9H,1-3,6-7H2. The van der Waals surface area contributed by atoms with Crippen LogP contribution in [0.3, 0.4) is 0 Å². The van der Waals surface area contributed by atoms with Crippen LogP contribution >= 0.6 is 0 Å². The molecule has 110 valence electrons. The van der Waals surface area contributed by atoms with E-state index in [-0.39, 0.29) is 5.69 Å². The first-order valence-corrected chi connectivity index (χ1v) is 6.74. The second kappa shape index (κ2) is 5.39. The number of hydrogen-bond acceptors (Lipinski definition) is 6. The number of nitro groups is 1. The Kier molecular flexibility index (Phi) is 3.43. The van der Waals surface area contributed by atoms with Crippen molar-refractivity contribution in [2.75, 3.05) is 18.0 Å². The van der Waals surface area contributed by atoms with Gasteiger partial charge in [0.15, 0.2) is 0 Å². The van der Waals surface area contributed by atoms with Gasteiger partial charge in [0.1, 0.15) is 11.6 Å². The van der Waals surface area contributed by atoms with Crippen molar-refractivity contribution < 1.29 is 19.2 Å². The van der Waals surface area contributed by atoms with E-state index in [2.05, 4.69) is 9.79 Å². The van der Waals surface area contributed by atoms with Gasteiger partial charge in [0.2, 0.25) is 11.9 Å². The number of nitro benzene ring substituents is 1. The smallest absolute Gasteiger partial charge is 0.299 e. The van der Waals surface area contributed by atoms with Crippen LogP contribution in [0.4, 0.5) is 11.4 Å². The molecule has 0 aliphatic carbocycles. The number of rotatable bonds is 3. The van der Waals surface area contributed by atoms with Crippen molar-refractivity contribution in [1.82, 2.24) is 5.27 Å². The first kappa shape index (κ1) is 13.3. The molecule has 2 heterocycles. The van der Waals surface area contributed by atoms with Crippen LogP contribution in [0.1, 0.15) is 19.3 Å². The van der Waals surface area contributed by atoms with E-state index in [1.54, 1.807) is 12.1 Å². The summed E-state index contributed by atoms with van der Waals surface area (Å²) in [6, 6.07) is 4.80. The summed E-state index contributed by atoms with van der Waals surface area (Å²) in [6.45, 7) is 1.64.